The van der Waals surface area contributed by atoms with E-state index in [1.54, 1.807) is 24.7 Å². The molecule has 122 valence electrons. The van der Waals surface area contributed by atoms with Crippen LogP contribution in [0.3, 0.4) is 0 Å². The molecular weight excluding hydrogens is 306 g/mol. The van der Waals surface area contributed by atoms with Crippen molar-refractivity contribution in [2.24, 2.45) is 0 Å². The number of aromatic hydroxyl groups is 1. The van der Waals surface area contributed by atoms with E-state index in [-0.39, 0.29) is 11.8 Å². The van der Waals surface area contributed by atoms with Crippen molar-refractivity contribution in [2.75, 3.05) is 11.9 Å². The molecule has 0 spiro atoms. The molecule has 7 nitrogen and oxygen atoms in total. The number of aromatic nitrogens is 3. The zero-order chi connectivity index (χ0) is 16.8. The first-order valence-corrected chi connectivity index (χ1v) is 7.49. The lowest BCUT2D eigenvalue weighted by atomic mass is 10.2. The number of anilines is 1. The van der Waals surface area contributed by atoms with Crippen LogP contribution in [-0.2, 0) is 6.42 Å². The molecule has 0 atom stereocenters. The number of phenolic OH excluding ortho intramolecular Hbond substituents is 1. The van der Waals surface area contributed by atoms with Gasteiger partial charge in [0.05, 0.1) is 0 Å². The summed E-state index contributed by atoms with van der Waals surface area (Å²) >= 11 is 0. The van der Waals surface area contributed by atoms with Crippen LogP contribution in [0.15, 0.2) is 61.2 Å². The van der Waals surface area contributed by atoms with E-state index >= 15 is 0 Å². The van der Waals surface area contributed by atoms with Crippen LogP contribution < -0.4 is 10.6 Å². The summed E-state index contributed by atoms with van der Waals surface area (Å²) in [6.45, 7) is 0.463. The number of nitrogens with one attached hydrogen (secondary N) is 2. The predicted molar refractivity (Wildman–Crippen MR) is 90.2 cm³/mol. The summed E-state index contributed by atoms with van der Waals surface area (Å²) in [5.74, 6) is 0.948. The summed E-state index contributed by atoms with van der Waals surface area (Å²) in [6.07, 6.45) is 5.83. The van der Waals surface area contributed by atoms with Gasteiger partial charge in [0, 0.05) is 36.7 Å². The number of nitrogens with zero attached hydrogens (tertiary/aromatic N) is 3. The molecule has 0 aliphatic heterocycles. The van der Waals surface area contributed by atoms with Crippen LogP contribution in [0.25, 0.3) is 5.82 Å². The fourth-order valence-electron chi connectivity index (χ4n) is 2.17. The summed E-state index contributed by atoms with van der Waals surface area (Å²) in [6, 6.07) is 11.7. The molecule has 2 aromatic heterocycles. The van der Waals surface area contributed by atoms with Gasteiger partial charge in [0.25, 0.3) is 0 Å². The van der Waals surface area contributed by atoms with E-state index < -0.39 is 0 Å². The van der Waals surface area contributed by atoms with E-state index in [0.717, 1.165) is 11.5 Å². The minimum atomic E-state index is -0.300. The van der Waals surface area contributed by atoms with Crippen molar-refractivity contribution in [3.63, 3.8) is 0 Å². The van der Waals surface area contributed by atoms with Gasteiger partial charge in [-0.3, -0.25) is 4.57 Å². The Kier molecular flexibility index (Phi) is 4.71. The molecule has 3 N–H and O–H groups in total. The largest absolute Gasteiger partial charge is 0.508 e. The van der Waals surface area contributed by atoms with Gasteiger partial charge < -0.3 is 15.7 Å². The molecule has 0 saturated carbocycles. The number of phenols is 1. The summed E-state index contributed by atoms with van der Waals surface area (Å²) in [5.41, 5.74) is 1.50. The number of imidazole rings is 1. The fourth-order valence-corrected chi connectivity index (χ4v) is 2.17. The molecule has 24 heavy (non-hydrogen) atoms. The highest BCUT2D eigenvalue weighted by Gasteiger charge is 2.03. The molecule has 0 saturated heterocycles. The second-order valence-electron chi connectivity index (χ2n) is 5.13. The first-order chi connectivity index (χ1) is 11.7. The van der Waals surface area contributed by atoms with Crippen molar-refractivity contribution in [3.8, 4) is 11.6 Å². The zero-order valence-electron chi connectivity index (χ0n) is 12.9. The van der Waals surface area contributed by atoms with E-state index in [4.69, 9.17) is 0 Å². The summed E-state index contributed by atoms with van der Waals surface area (Å²) in [7, 11) is 0. The van der Waals surface area contributed by atoms with Gasteiger partial charge in [-0.05, 0) is 36.4 Å². The van der Waals surface area contributed by atoms with Crippen molar-refractivity contribution in [3.05, 3.63) is 66.9 Å². The van der Waals surface area contributed by atoms with Crippen molar-refractivity contribution in [1.29, 1.82) is 0 Å². The van der Waals surface area contributed by atoms with E-state index in [9.17, 15) is 9.90 Å². The highest BCUT2D eigenvalue weighted by Crippen LogP contribution is 2.13. The topological polar surface area (TPSA) is 92.1 Å². The number of carbonyl (C=O) groups is 1. The lowest BCUT2D eigenvalue weighted by Gasteiger charge is -2.08. The Labute approximate surface area is 139 Å². The van der Waals surface area contributed by atoms with Crippen molar-refractivity contribution in [2.45, 2.75) is 6.42 Å². The molecular formula is C17H17N5O2. The number of pyridine rings is 1. The minimum Gasteiger partial charge on any atom is -0.508 e. The average molecular weight is 323 g/mol. The molecule has 0 bridgehead atoms. The number of hydrogen-bond donors (Lipinski definition) is 3. The number of carbonyl (C=O) groups excluding carboxylic acids is 1. The maximum Gasteiger partial charge on any atom is 0.319 e. The monoisotopic (exact) mass is 323 g/mol. The van der Waals surface area contributed by atoms with Gasteiger partial charge in [0.1, 0.15) is 17.9 Å². The molecule has 7 heteroatoms. The quantitative estimate of drug-likeness (QED) is 0.628. The smallest absolute Gasteiger partial charge is 0.319 e. The van der Waals surface area contributed by atoms with E-state index in [0.29, 0.717) is 18.7 Å². The molecule has 2 amide bonds. The van der Waals surface area contributed by atoms with Gasteiger partial charge in [-0.25, -0.2) is 14.8 Å². The molecule has 2 heterocycles. The van der Waals surface area contributed by atoms with Gasteiger partial charge in [0.15, 0.2) is 0 Å². The normalized spacial score (nSPS) is 10.3. The van der Waals surface area contributed by atoms with Crippen LogP contribution in [0.4, 0.5) is 10.5 Å². The Morgan fingerprint density at radius 2 is 2.00 bits per heavy atom. The second kappa shape index (κ2) is 7.28. The summed E-state index contributed by atoms with van der Waals surface area (Å²) in [4.78, 5) is 20.4. The standard InChI is InChI=1S/C17H17N5O2/c23-15-6-4-14(5-7-15)21-17(24)19-9-8-13-2-1-3-16(20-13)22-11-10-18-12-22/h1-7,10-12,23H,8-9H2,(H2,19,21,24). The fraction of sp³-hybridized carbons (Fsp3) is 0.118. The maximum atomic E-state index is 11.8. The molecule has 0 fully saturated rings. The molecule has 0 radical (unpaired) electrons. The number of hydrogen-bond acceptors (Lipinski definition) is 4. The zero-order valence-corrected chi connectivity index (χ0v) is 12.9. The van der Waals surface area contributed by atoms with Crippen LogP contribution in [0, 0.1) is 0 Å². The lowest BCUT2D eigenvalue weighted by Crippen LogP contribution is -2.30. The predicted octanol–water partition coefficient (Wildman–Crippen LogP) is 2.34. The second-order valence-corrected chi connectivity index (χ2v) is 5.13. The van der Waals surface area contributed by atoms with Crippen molar-refractivity contribution >= 4 is 11.7 Å². The van der Waals surface area contributed by atoms with Crippen molar-refractivity contribution < 1.29 is 9.90 Å². The van der Waals surface area contributed by atoms with Gasteiger partial charge in [-0.2, -0.15) is 0 Å². The van der Waals surface area contributed by atoms with Crippen LogP contribution in [0.5, 0.6) is 5.75 Å². The van der Waals surface area contributed by atoms with E-state index in [1.807, 2.05) is 29.0 Å². The third kappa shape index (κ3) is 4.10. The van der Waals surface area contributed by atoms with Gasteiger partial charge in [-0.15, -0.1) is 0 Å². The number of benzene rings is 1. The van der Waals surface area contributed by atoms with Crippen molar-refractivity contribution in [1.82, 2.24) is 19.9 Å². The summed E-state index contributed by atoms with van der Waals surface area (Å²) in [5, 5.41) is 14.7. The molecule has 0 aliphatic rings. The van der Waals surface area contributed by atoms with Gasteiger partial charge in [0.2, 0.25) is 0 Å². The molecule has 1 aromatic carbocycles. The van der Waals surface area contributed by atoms with Crippen LogP contribution in [0.1, 0.15) is 5.69 Å². The summed E-state index contributed by atoms with van der Waals surface area (Å²) < 4.78 is 1.83. The minimum absolute atomic E-state index is 0.157. The highest BCUT2D eigenvalue weighted by molar-refractivity contribution is 5.89. The lowest BCUT2D eigenvalue weighted by molar-refractivity contribution is 0.252. The number of amides is 2. The first kappa shape index (κ1) is 15.5. The Hall–Kier alpha value is -3.35. The number of rotatable bonds is 5. The van der Waals surface area contributed by atoms with Crippen LogP contribution in [0.2, 0.25) is 0 Å². The van der Waals surface area contributed by atoms with Crippen LogP contribution in [-0.4, -0.2) is 32.2 Å². The first-order valence-electron chi connectivity index (χ1n) is 7.49. The Morgan fingerprint density at radius 1 is 1.17 bits per heavy atom. The van der Waals surface area contributed by atoms with Gasteiger partial charge in [-0.1, -0.05) is 6.07 Å². The molecule has 0 unspecified atom stereocenters. The van der Waals surface area contributed by atoms with Crippen LogP contribution >= 0.6 is 0 Å². The SMILES string of the molecule is O=C(NCCc1cccc(-n2ccnc2)n1)Nc1ccc(O)cc1. The Balaban J connectivity index is 1.50. The third-order valence-electron chi connectivity index (χ3n) is 3.35. The van der Waals surface area contributed by atoms with E-state index in [2.05, 4.69) is 20.6 Å². The molecule has 0 aliphatic carbocycles. The Morgan fingerprint density at radius 3 is 2.75 bits per heavy atom. The molecule has 3 rings (SSSR count). The maximum absolute atomic E-state index is 11.8. The Bertz CT molecular complexity index is 800. The molecule has 3 aromatic rings. The average Bonchev–Trinajstić information content (AvgIpc) is 3.12. The number of urea groups is 1. The highest BCUT2D eigenvalue weighted by atomic mass is 16.3. The van der Waals surface area contributed by atoms with Gasteiger partial charge >= 0.3 is 6.03 Å². The third-order valence-corrected chi connectivity index (χ3v) is 3.35. The van der Waals surface area contributed by atoms with E-state index in [1.165, 1.54) is 12.1 Å².